The minimum Gasteiger partial charge on any atom is -0.359 e. The second-order valence-electron chi connectivity index (χ2n) is 10.5. The van der Waals surface area contributed by atoms with Crippen LogP contribution in [0.25, 0.3) is 49.3 Å². The lowest BCUT2D eigenvalue weighted by Gasteiger charge is -2.26. The maximum Gasteiger partial charge on any atom is 0.181 e. The fourth-order valence-corrected chi connectivity index (χ4v) is 6.63. The van der Waals surface area contributed by atoms with Crippen LogP contribution in [0, 0.1) is 11.0 Å². The van der Waals surface area contributed by atoms with Crippen molar-refractivity contribution < 1.29 is 4.39 Å². The van der Waals surface area contributed by atoms with Crippen LogP contribution in [-0.4, -0.2) is 20.2 Å². The topological polar surface area (TPSA) is 69.4 Å². The highest BCUT2D eigenvalue weighted by molar-refractivity contribution is 7.14. The number of nitrogens with one attached hydrogen (secondary N) is 3. The third-order valence-electron chi connectivity index (χ3n) is 8.00. The Morgan fingerprint density at radius 3 is 2.66 bits per heavy atom. The summed E-state index contributed by atoms with van der Waals surface area (Å²) in [4.78, 5) is 9.10. The van der Waals surface area contributed by atoms with Gasteiger partial charge in [0.2, 0.25) is 0 Å². The number of H-pyrrole nitrogens is 2. The first-order chi connectivity index (χ1) is 20.1. The van der Waals surface area contributed by atoms with Crippen LogP contribution in [-0.2, 0) is 0 Å². The molecule has 4 heterocycles. The normalized spacial score (nSPS) is 15.6. The number of pyridine rings is 1. The molecule has 1 saturated carbocycles. The summed E-state index contributed by atoms with van der Waals surface area (Å²) in [5.41, 5.74) is 8.69. The first-order valence-corrected chi connectivity index (χ1v) is 15.1. The van der Waals surface area contributed by atoms with Crippen LogP contribution in [0.5, 0.6) is 0 Å². The van der Waals surface area contributed by atoms with Crippen molar-refractivity contribution in [3.05, 3.63) is 102 Å². The molecule has 0 bridgehead atoms. The Balaban J connectivity index is 1.34. The Kier molecular flexibility index (Phi) is 7.70. The lowest BCUT2D eigenvalue weighted by molar-refractivity contribution is 0.391. The van der Waals surface area contributed by atoms with Crippen LogP contribution in [0.1, 0.15) is 51.5 Å². The highest BCUT2D eigenvalue weighted by Crippen LogP contribution is 2.37. The van der Waals surface area contributed by atoms with Crippen LogP contribution in [0.15, 0.2) is 90.9 Å². The number of rotatable bonds is 8. The summed E-state index contributed by atoms with van der Waals surface area (Å²) in [5, 5.41) is 13.1. The maximum absolute atomic E-state index is 13.8. The van der Waals surface area contributed by atoms with Gasteiger partial charge in [0.05, 0.1) is 11.4 Å². The molecule has 5 aromatic rings. The smallest absolute Gasteiger partial charge is 0.181 e. The summed E-state index contributed by atoms with van der Waals surface area (Å²) < 4.78 is 13.8. The number of fused-ring (bicyclic) bond motifs is 2. The SMILES string of the molecule is C=C/C(=C\C(=C/C)c1cnc2n[nH]c(-c3cc4c(-c5ccc(F)s5)cccc4[nH]3)c2c1)N/C(=C\C)C1CCCCC1. The molecule has 6 rings (SSSR count). The van der Waals surface area contributed by atoms with Gasteiger partial charge in [-0.25, -0.2) is 4.98 Å². The van der Waals surface area contributed by atoms with Gasteiger partial charge >= 0.3 is 0 Å². The Bertz CT molecular complexity index is 1810. The molecule has 3 N–H and O–H groups in total. The first-order valence-electron chi connectivity index (χ1n) is 14.2. The van der Waals surface area contributed by atoms with Gasteiger partial charge in [0.15, 0.2) is 10.8 Å². The Morgan fingerprint density at radius 1 is 1.07 bits per heavy atom. The Morgan fingerprint density at radius 2 is 1.93 bits per heavy atom. The maximum atomic E-state index is 13.8. The molecule has 0 aliphatic heterocycles. The summed E-state index contributed by atoms with van der Waals surface area (Å²) >= 11 is 1.15. The number of allylic oxidation sites excluding steroid dienone is 6. The molecule has 5 nitrogen and oxygen atoms in total. The third kappa shape index (κ3) is 5.42. The summed E-state index contributed by atoms with van der Waals surface area (Å²) in [6, 6.07) is 13.6. The van der Waals surface area contributed by atoms with E-state index < -0.39 is 0 Å². The van der Waals surface area contributed by atoms with E-state index in [9.17, 15) is 4.39 Å². The molecule has 1 aromatic carbocycles. The van der Waals surface area contributed by atoms with Gasteiger partial charge in [0, 0.05) is 49.9 Å². The minimum absolute atomic E-state index is 0.189. The van der Waals surface area contributed by atoms with Crippen molar-refractivity contribution in [2.75, 3.05) is 0 Å². The van der Waals surface area contributed by atoms with Gasteiger partial charge < -0.3 is 10.3 Å². The molecule has 0 saturated heterocycles. The zero-order chi connectivity index (χ0) is 28.3. The van der Waals surface area contributed by atoms with Crippen molar-refractivity contribution in [1.82, 2.24) is 25.5 Å². The molecule has 0 spiro atoms. The number of hydrogen-bond acceptors (Lipinski definition) is 4. The van der Waals surface area contributed by atoms with E-state index in [-0.39, 0.29) is 5.13 Å². The number of nitrogens with zero attached hydrogens (tertiary/aromatic N) is 2. The molecule has 1 fully saturated rings. The summed E-state index contributed by atoms with van der Waals surface area (Å²) in [7, 11) is 0. The molecule has 208 valence electrons. The van der Waals surface area contributed by atoms with E-state index in [2.05, 4.69) is 69.3 Å². The van der Waals surface area contributed by atoms with E-state index in [1.54, 1.807) is 0 Å². The van der Waals surface area contributed by atoms with Gasteiger partial charge in [0.1, 0.15) is 0 Å². The van der Waals surface area contributed by atoms with Crippen LogP contribution in [0.3, 0.4) is 0 Å². The van der Waals surface area contributed by atoms with Gasteiger partial charge in [-0.05, 0) is 80.7 Å². The van der Waals surface area contributed by atoms with E-state index in [1.807, 2.05) is 43.5 Å². The molecule has 7 heteroatoms. The molecule has 0 atom stereocenters. The van der Waals surface area contributed by atoms with Gasteiger partial charge in [-0.1, -0.05) is 50.1 Å². The molecule has 0 radical (unpaired) electrons. The number of thiophene rings is 1. The summed E-state index contributed by atoms with van der Waals surface area (Å²) in [6.45, 7) is 8.23. The van der Waals surface area contributed by atoms with Gasteiger partial charge in [0.25, 0.3) is 0 Å². The third-order valence-corrected chi connectivity index (χ3v) is 8.91. The second kappa shape index (κ2) is 11.7. The molecule has 4 aromatic heterocycles. The minimum atomic E-state index is -0.189. The van der Waals surface area contributed by atoms with Crippen LogP contribution < -0.4 is 5.32 Å². The van der Waals surface area contributed by atoms with Gasteiger partial charge in [-0.2, -0.15) is 9.49 Å². The Hall–Kier alpha value is -4.23. The van der Waals surface area contributed by atoms with Gasteiger partial charge in [-0.15, -0.1) is 11.3 Å². The summed E-state index contributed by atoms with van der Waals surface area (Å²) in [6.07, 6.45) is 16.6. The van der Waals surface area contributed by atoms with E-state index in [1.165, 1.54) is 43.9 Å². The highest BCUT2D eigenvalue weighted by atomic mass is 32.1. The predicted octanol–water partition coefficient (Wildman–Crippen LogP) is 9.52. The number of hydrogen-bond donors (Lipinski definition) is 3. The van der Waals surface area contributed by atoms with Crippen molar-refractivity contribution in [2.45, 2.75) is 46.0 Å². The number of halogens is 1. The lowest BCUT2D eigenvalue weighted by Crippen LogP contribution is -2.21. The molecule has 0 unspecified atom stereocenters. The van der Waals surface area contributed by atoms with E-state index in [0.717, 1.165) is 66.3 Å². The zero-order valence-electron chi connectivity index (χ0n) is 23.4. The molecule has 41 heavy (non-hydrogen) atoms. The van der Waals surface area contributed by atoms with Crippen molar-refractivity contribution in [2.24, 2.45) is 5.92 Å². The van der Waals surface area contributed by atoms with E-state index in [0.29, 0.717) is 11.6 Å². The molecular weight excluding hydrogens is 529 g/mol. The van der Waals surface area contributed by atoms with Crippen molar-refractivity contribution in [3.63, 3.8) is 0 Å². The number of aromatic nitrogens is 4. The molecular formula is C34H34FN5S. The van der Waals surface area contributed by atoms with Crippen molar-refractivity contribution >= 4 is 38.8 Å². The van der Waals surface area contributed by atoms with E-state index >= 15 is 0 Å². The molecule has 1 aliphatic rings. The number of benzene rings is 1. The lowest BCUT2D eigenvalue weighted by atomic mass is 9.86. The zero-order valence-corrected chi connectivity index (χ0v) is 24.2. The van der Waals surface area contributed by atoms with Crippen molar-refractivity contribution in [1.29, 1.82) is 0 Å². The van der Waals surface area contributed by atoms with Gasteiger partial charge in [-0.3, -0.25) is 5.10 Å². The van der Waals surface area contributed by atoms with Crippen molar-refractivity contribution in [3.8, 4) is 21.8 Å². The molecule has 0 amide bonds. The monoisotopic (exact) mass is 563 g/mol. The fourth-order valence-electron chi connectivity index (χ4n) is 5.86. The van der Waals surface area contributed by atoms with E-state index in [4.69, 9.17) is 0 Å². The van der Waals surface area contributed by atoms with Crippen LogP contribution in [0.4, 0.5) is 4.39 Å². The van der Waals surface area contributed by atoms with Crippen LogP contribution in [0.2, 0.25) is 0 Å². The second-order valence-corrected chi connectivity index (χ2v) is 11.5. The molecule has 1 aliphatic carbocycles. The quantitative estimate of drug-likeness (QED) is 0.165. The summed E-state index contributed by atoms with van der Waals surface area (Å²) in [5.74, 6) is 0.577. The van der Waals surface area contributed by atoms with Crippen LogP contribution >= 0.6 is 11.3 Å². The number of aromatic amines is 2. The Labute approximate surface area is 243 Å². The highest BCUT2D eigenvalue weighted by Gasteiger charge is 2.18. The average Bonchev–Trinajstić information content (AvgIpc) is 3.75. The predicted molar refractivity (Wildman–Crippen MR) is 170 cm³/mol. The standard InChI is InChI=1S/C34H34FN5S/c1-4-21(17-24(5-2)37-28(6-3)22-11-8-7-9-12-22)23-18-27-33(39-40-34(27)36-20-23)30-19-26-25(13-10-14-29(26)38-30)31-15-16-32(35)41-31/h4-6,10,13-20,22,37-38H,2,7-9,11-12H2,1,3H3,(H,36,39,40)/b21-4+,24-17+,28-6-. The average molecular weight is 564 g/mol. The fraction of sp³-hybridized carbons (Fsp3) is 0.235. The largest absolute Gasteiger partial charge is 0.359 e. The first kappa shape index (κ1) is 27.0.